The Balaban J connectivity index is 1.66. The molecule has 0 bridgehead atoms. The highest BCUT2D eigenvalue weighted by atomic mass is 32.2. The number of hydrogen-bond donors (Lipinski definition) is 2. The fourth-order valence-electron chi connectivity index (χ4n) is 2.92. The summed E-state index contributed by atoms with van der Waals surface area (Å²) in [6.07, 6.45) is 5.41. The topological polar surface area (TPSA) is 93.1 Å². The quantitative estimate of drug-likeness (QED) is 0.594. The third kappa shape index (κ3) is 5.30. The van der Waals surface area contributed by atoms with Crippen LogP contribution in [0.4, 0.5) is 0 Å². The van der Waals surface area contributed by atoms with Crippen molar-refractivity contribution < 1.29 is 13.2 Å². The molecule has 0 aliphatic carbocycles. The van der Waals surface area contributed by atoms with Gasteiger partial charge in [-0.3, -0.25) is 4.79 Å². The van der Waals surface area contributed by atoms with Gasteiger partial charge in [0.05, 0.1) is 11.2 Å². The van der Waals surface area contributed by atoms with Crippen molar-refractivity contribution in [2.75, 3.05) is 6.54 Å². The Bertz CT molecular complexity index is 1080. The molecule has 8 heteroatoms. The van der Waals surface area contributed by atoms with E-state index in [0.717, 1.165) is 17.7 Å². The fraction of sp³-hybridized carbons (Fsp3) is 0.238. The lowest BCUT2D eigenvalue weighted by atomic mass is 10.1. The second-order valence-electron chi connectivity index (χ2n) is 6.71. The van der Waals surface area contributed by atoms with E-state index in [-0.39, 0.29) is 17.3 Å². The van der Waals surface area contributed by atoms with E-state index in [0.29, 0.717) is 17.7 Å². The van der Waals surface area contributed by atoms with Gasteiger partial charge in [0, 0.05) is 37.6 Å². The van der Waals surface area contributed by atoms with E-state index in [2.05, 4.69) is 15.0 Å². The van der Waals surface area contributed by atoms with Crippen LogP contribution < -0.4 is 10.0 Å². The van der Waals surface area contributed by atoms with E-state index >= 15 is 0 Å². The second kappa shape index (κ2) is 9.02. The molecule has 152 valence electrons. The Hall–Kier alpha value is -2.97. The molecular weight excluding hydrogens is 388 g/mol. The van der Waals surface area contributed by atoms with Crippen molar-refractivity contribution in [1.82, 2.24) is 19.6 Å². The molecule has 3 aromatic rings. The molecule has 3 rings (SSSR count). The highest BCUT2D eigenvalue weighted by Gasteiger charge is 2.17. The first-order chi connectivity index (χ1) is 13.9. The average molecular weight is 413 g/mol. The molecule has 1 amide bonds. The summed E-state index contributed by atoms with van der Waals surface area (Å²) in [5.74, 6) is -0.307. The summed E-state index contributed by atoms with van der Waals surface area (Å²) in [6, 6.07) is 12.5. The Labute approximate surface area is 170 Å². The zero-order chi connectivity index (χ0) is 20.9. The smallest absolute Gasteiger partial charge is 0.251 e. The number of hydrogen-bond acceptors (Lipinski definition) is 4. The van der Waals surface area contributed by atoms with Crippen molar-refractivity contribution in [3.8, 4) is 0 Å². The van der Waals surface area contributed by atoms with E-state index in [1.807, 2.05) is 35.0 Å². The number of carbonyl (C=O) groups excluding carboxylic acids is 1. The number of nitrogens with zero attached hydrogens (tertiary/aromatic N) is 2. The van der Waals surface area contributed by atoms with Gasteiger partial charge in [0.15, 0.2) is 0 Å². The predicted octanol–water partition coefficient (Wildman–Crippen LogP) is 2.47. The minimum atomic E-state index is -3.61. The number of nitrogens with one attached hydrogen (secondary N) is 2. The lowest BCUT2D eigenvalue weighted by Crippen LogP contribution is -2.26. The first-order valence-corrected chi connectivity index (χ1v) is 10.8. The molecule has 0 saturated carbocycles. The molecule has 0 aliphatic rings. The lowest BCUT2D eigenvalue weighted by molar-refractivity contribution is 0.0950. The first kappa shape index (κ1) is 20.8. The van der Waals surface area contributed by atoms with Crippen molar-refractivity contribution in [1.29, 1.82) is 0 Å². The number of rotatable bonds is 8. The summed E-state index contributed by atoms with van der Waals surface area (Å²) in [5.41, 5.74) is 3.16. The van der Waals surface area contributed by atoms with Gasteiger partial charge in [-0.25, -0.2) is 18.1 Å². The van der Waals surface area contributed by atoms with Crippen LogP contribution in [0.5, 0.6) is 0 Å². The first-order valence-electron chi connectivity index (χ1n) is 9.31. The van der Waals surface area contributed by atoms with Crippen LogP contribution in [0.15, 0.2) is 66.1 Å². The minimum Gasteiger partial charge on any atom is -0.348 e. The Morgan fingerprint density at radius 2 is 1.83 bits per heavy atom. The van der Waals surface area contributed by atoms with Crippen LogP contribution in [-0.2, 0) is 23.1 Å². The number of benzene rings is 2. The Morgan fingerprint density at radius 3 is 2.48 bits per heavy atom. The summed E-state index contributed by atoms with van der Waals surface area (Å²) in [5, 5.41) is 2.86. The van der Waals surface area contributed by atoms with E-state index in [9.17, 15) is 13.2 Å². The largest absolute Gasteiger partial charge is 0.348 e. The van der Waals surface area contributed by atoms with Gasteiger partial charge in [0.2, 0.25) is 10.0 Å². The number of imidazole rings is 1. The maximum Gasteiger partial charge on any atom is 0.251 e. The number of amides is 1. The van der Waals surface area contributed by atoms with Crippen LogP contribution in [0.25, 0.3) is 0 Å². The van der Waals surface area contributed by atoms with Gasteiger partial charge in [-0.1, -0.05) is 37.3 Å². The van der Waals surface area contributed by atoms with Gasteiger partial charge in [-0.2, -0.15) is 0 Å². The molecule has 2 N–H and O–H groups in total. The van der Waals surface area contributed by atoms with Crippen molar-refractivity contribution in [3.63, 3.8) is 0 Å². The standard InChI is InChI=1S/C21H24N4O3S/c1-3-24-29(27,28)19-9-4-16(2)20(12-19)21(26)23-13-17-5-7-18(8-6-17)14-25-11-10-22-15-25/h4-12,15,24H,3,13-14H2,1-2H3,(H,23,26). The van der Waals surface area contributed by atoms with Crippen LogP contribution >= 0.6 is 0 Å². The zero-order valence-corrected chi connectivity index (χ0v) is 17.2. The molecule has 2 aromatic carbocycles. The summed E-state index contributed by atoms with van der Waals surface area (Å²) < 4.78 is 28.8. The third-order valence-corrected chi connectivity index (χ3v) is 6.04. The van der Waals surface area contributed by atoms with Gasteiger partial charge in [-0.05, 0) is 35.7 Å². The summed E-state index contributed by atoms with van der Waals surface area (Å²) in [7, 11) is -3.61. The third-order valence-electron chi connectivity index (χ3n) is 4.50. The zero-order valence-electron chi connectivity index (χ0n) is 16.4. The van der Waals surface area contributed by atoms with Crippen molar-refractivity contribution in [2.45, 2.75) is 31.8 Å². The van der Waals surface area contributed by atoms with Crippen molar-refractivity contribution >= 4 is 15.9 Å². The maximum absolute atomic E-state index is 12.6. The molecule has 0 fully saturated rings. The second-order valence-corrected chi connectivity index (χ2v) is 8.48. The van der Waals surface area contributed by atoms with Gasteiger partial charge < -0.3 is 9.88 Å². The van der Waals surface area contributed by atoms with E-state index in [4.69, 9.17) is 0 Å². The summed E-state index contributed by atoms with van der Waals surface area (Å²) >= 11 is 0. The summed E-state index contributed by atoms with van der Waals surface area (Å²) in [4.78, 5) is 16.7. The molecule has 0 radical (unpaired) electrons. The van der Waals surface area contributed by atoms with E-state index in [1.54, 1.807) is 32.4 Å². The van der Waals surface area contributed by atoms with Crippen LogP contribution in [-0.4, -0.2) is 30.4 Å². The molecule has 0 aliphatic heterocycles. The summed E-state index contributed by atoms with van der Waals surface area (Å²) in [6.45, 7) is 4.87. The van der Waals surface area contributed by atoms with Crippen molar-refractivity contribution in [3.05, 3.63) is 83.4 Å². The highest BCUT2D eigenvalue weighted by Crippen LogP contribution is 2.16. The molecular formula is C21H24N4O3S. The highest BCUT2D eigenvalue weighted by molar-refractivity contribution is 7.89. The molecule has 1 aromatic heterocycles. The molecule has 0 atom stereocenters. The molecule has 0 unspecified atom stereocenters. The van der Waals surface area contributed by atoms with Gasteiger partial charge in [0.1, 0.15) is 0 Å². The molecule has 7 nitrogen and oxygen atoms in total. The average Bonchev–Trinajstić information content (AvgIpc) is 3.20. The van der Waals surface area contributed by atoms with Crippen LogP contribution in [0.3, 0.4) is 0 Å². The number of sulfonamides is 1. The van der Waals surface area contributed by atoms with Crippen LogP contribution in [0.1, 0.15) is 34.0 Å². The number of carbonyl (C=O) groups is 1. The molecule has 0 saturated heterocycles. The SMILES string of the molecule is CCNS(=O)(=O)c1ccc(C)c(C(=O)NCc2ccc(Cn3ccnc3)cc2)c1. The minimum absolute atomic E-state index is 0.0824. The fourth-order valence-corrected chi connectivity index (χ4v) is 3.98. The molecule has 29 heavy (non-hydrogen) atoms. The van der Waals surface area contributed by atoms with E-state index in [1.165, 1.54) is 12.1 Å². The Kier molecular flexibility index (Phi) is 6.46. The van der Waals surface area contributed by atoms with Gasteiger partial charge in [-0.15, -0.1) is 0 Å². The molecule has 0 spiro atoms. The number of aryl methyl sites for hydroxylation is 1. The molecule has 1 heterocycles. The Morgan fingerprint density at radius 1 is 1.10 bits per heavy atom. The monoisotopic (exact) mass is 412 g/mol. The van der Waals surface area contributed by atoms with Gasteiger partial charge in [0.25, 0.3) is 5.91 Å². The van der Waals surface area contributed by atoms with Gasteiger partial charge >= 0.3 is 0 Å². The predicted molar refractivity (Wildman–Crippen MR) is 111 cm³/mol. The van der Waals surface area contributed by atoms with Crippen LogP contribution in [0, 0.1) is 6.92 Å². The van der Waals surface area contributed by atoms with Crippen LogP contribution in [0.2, 0.25) is 0 Å². The van der Waals surface area contributed by atoms with E-state index < -0.39 is 10.0 Å². The lowest BCUT2D eigenvalue weighted by Gasteiger charge is -2.11. The van der Waals surface area contributed by atoms with Crippen molar-refractivity contribution in [2.24, 2.45) is 0 Å². The number of aromatic nitrogens is 2. The normalized spacial score (nSPS) is 11.4. The maximum atomic E-state index is 12.6.